The summed E-state index contributed by atoms with van der Waals surface area (Å²) in [7, 11) is 0. The maximum absolute atomic E-state index is 12.8. The van der Waals surface area contributed by atoms with Crippen LogP contribution in [0.3, 0.4) is 0 Å². The van der Waals surface area contributed by atoms with Gasteiger partial charge in [0.25, 0.3) is 11.2 Å². The SMILES string of the molecule is CC1CC(=O)CCN1C(C)c1ccccc1.Cc1ccc(C(=O)C(O)(C(=O)O)C(O)(C(=O)O)C(=O)c2ccc(C)cc2)cc1. The molecule has 0 aromatic heterocycles. The number of aryl methyl sites for hydroxylation is 2. The van der Waals surface area contributed by atoms with E-state index >= 15 is 0 Å². The molecule has 0 radical (unpaired) electrons. The van der Waals surface area contributed by atoms with Gasteiger partial charge in [-0.25, -0.2) is 9.59 Å². The minimum Gasteiger partial charge on any atom is -0.479 e. The molecule has 4 atom stereocenters. The van der Waals surface area contributed by atoms with Gasteiger partial charge in [0.2, 0.25) is 11.6 Å². The number of nitrogens with zero attached hydrogens (tertiary/aromatic N) is 1. The van der Waals surface area contributed by atoms with Crippen molar-refractivity contribution < 1.29 is 44.4 Å². The highest BCUT2D eigenvalue weighted by atomic mass is 16.5. The van der Waals surface area contributed by atoms with Crippen LogP contribution in [0.4, 0.5) is 0 Å². The van der Waals surface area contributed by atoms with Crippen molar-refractivity contribution in [3.05, 3.63) is 107 Å². The molecule has 0 bridgehead atoms. The van der Waals surface area contributed by atoms with E-state index in [2.05, 4.69) is 43.0 Å². The fourth-order valence-corrected chi connectivity index (χ4v) is 5.18. The monoisotopic (exact) mass is 603 g/mol. The van der Waals surface area contributed by atoms with Crippen LogP contribution in [0.15, 0.2) is 78.9 Å². The first-order valence-electron chi connectivity index (χ1n) is 14.1. The van der Waals surface area contributed by atoms with Gasteiger partial charge in [0, 0.05) is 42.6 Å². The van der Waals surface area contributed by atoms with E-state index in [-0.39, 0.29) is 11.1 Å². The quantitative estimate of drug-likeness (QED) is 0.208. The Balaban J connectivity index is 0.000000278. The van der Waals surface area contributed by atoms with Gasteiger partial charge in [-0.15, -0.1) is 0 Å². The third kappa shape index (κ3) is 6.83. The summed E-state index contributed by atoms with van der Waals surface area (Å²) in [5.41, 5.74) is -5.94. The molecule has 232 valence electrons. The van der Waals surface area contributed by atoms with Crippen LogP contribution in [-0.2, 0) is 14.4 Å². The van der Waals surface area contributed by atoms with Crippen molar-refractivity contribution in [1.82, 2.24) is 4.90 Å². The highest BCUT2D eigenvalue weighted by Gasteiger charge is 2.69. The minimum atomic E-state index is -3.96. The molecule has 1 aliphatic rings. The molecular weight excluding hydrogens is 566 g/mol. The van der Waals surface area contributed by atoms with E-state index in [1.165, 1.54) is 29.8 Å². The van der Waals surface area contributed by atoms with Crippen LogP contribution in [0, 0.1) is 13.8 Å². The molecule has 0 saturated carbocycles. The molecule has 4 rings (SSSR count). The number of aliphatic carboxylic acids is 2. The van der Waals surface area contributed by atoms with Crippen LogP contribution in [0.5, 0.6) is 0 Å². The van der Waals surface area contributed by atoms with Crippen LogP contribution in [0.2, 0.25) is 0 Å². The van der Waals surface area contributed by atoms with E-state index in [1.54, 1.807) is 13.8 Å². The maximum Gasteiger partial charge on any atom is 0.348 e. The minimum absolute atomic E-state index is 0.372. The Morgan fingerprint density at radius 3 is 1.52 bits per heavy atom. The number of carbonyl (C=O) groups excluding carboxylic acids is 3. The lowest BCUT2D eigenvalue weighted by atomic mass is 9.73. The molecule has 3 aromatic rings. The highest BCUT2D eigenvalue weighted by Crippen LogP contribution is 2.32. The number of piperidine rings is 1. The van der Waals surface area contributed by atoms with Gasteiger partial charge in [0.05, 0.1) is 0 Å². The standard InChI is InChI=1S/C20H18O8.C14H19NO/c1-11-3-7-13(8-4-11)15(21)19(27,17(23)24)20(28,18(25)26)16(22)14-9-5-12(2)6-10-14;1-11-10-14(16)8-9-15(11)12(2)13-6-4-3-5-7-13/h3-10,27-28H,1-2H3,(H,23,24)(H,25,26);3-7,11-12H,8-10H2,1-2H3. The second-order valence-electron chi connectivity index (χ2n) is 11.1. The Labute approximate surface area is 255 Å². The average molecular weight is 604 g/mol. The summed E-state index contributed by atoms with van der Waals surface area (Å²) < 4.78 is 0. The first-order chi connectivity index (χ1) is 20.6. The predicted octanol–water partition coefficient (Wildman–Crippen LogP) is 3.80. The zero-order valence-corrected chi connectivity index (χ0v) is 25.1. The average Bonchev–Trinajstić information content (AvgIpc) is 3.00. The summed E-state index contributed by atoms with van der Waals surface area (Å²) in [5.74, 6) is -7.60. The van der Waals surface area contributed by atoms with Crippen molar-refractivity contribution in [2.24, 2.45) is 0 Å². The third-order valence-electron chi connectivity index (χ3n) is 7.94. The number of hydrogen-bond acceptors (Lipinski definition) is 8. The summed E-state index contributed by atoms with van der Waals surface area (Å²) in [6.45, 7) is 8.65. The molecule has 4 unspecified atom stereocenters. The van der Waals surface area contributed by atoms with E-state index in [0.717, 1.165) is 30.8 Å². The van der Waals surface area contributed by atoms with E-state index < -0.39 is 34.7 Å². The first kappa shape index (κ1) is 34.0. The van der Waals surface area contributed by atoms with Crippen molar-refractivity contribution >= 4 is 29.3 Å². The van der Waals surface area contributed by atoms with Crippen LogP contribution in [0.1, 0.15) is 70.1 Å². The summed E-state index contributed by atoms with van der Waals surface area (Å²) in [4.78, 5) is 62.9. The smallest absolute Gasteiger partial charge is 0.348 e. The number of carbonyl (C=O) groups is 5. The van der Waals surface area contributed by atoms with E-state index in [4.69, 9.17) is 0 Å². The van der Waals surface area contributed by atoms with Crippen molar-refractivity contribution in [2.45, 2.75) is 63.8 Å². The fourth-order valence-electron chi connectivity index (χ4n) is 5.18. The number of aliphatic hydroxyl groups is 2. The Morgan fingerprint density at radius 2 is 1.16 bits per heavy atom. The topological polar surface area (TPSA) is 170 Å². The van der Waals surface area contributed by atoms with E-state index in [9.17, 15) is 44.4 Å². The molecule has 0 amide bonds. The Morgan fingerprint density at radius 1 is 0.750 bits per heavy atom. The van der Waals surface area contributed by atoms with Gasteiger partial charge < -0.3 is 20.4 Å². The number of carboxylic acid groups (broad SMARTS) is 2. The third-order valence-corrected chi connectivity index (χ3v) is 7.94. The van der Waals surface area contributed by atoms with Gasteiger partial charge in [-0.1, -0.05) is 90.0 Å². The van der Waals surface area contributed by atoms with Crippen molar-refractivity contribution in [3.8, 4) is 0 Å². The lowest BCUT2D eigenvalue weighted by Crippen LogP contribution is -2.71. The van der Waals surface area contributed by atoms with E-state index in [1.807, 2.05) is 6.07 Å². The molecule has 4 N–H and O–H groups in total. The zero-order valence-electron chi connectivity index (χ0n) is 25.1. The second kappa shape index (κ2) is 13.9. The fraction of sp³-hybridized carbons (Fsp3) is 0.324. The van der Waals surface area contributed by atoms with Gasteiger partial charge in [0.15, 0.2) is 0 Å². The molecule has 0 spiro atoms. The number of rotatable bonds is 9. The molecular formula is C34H37NO9. The normalized spacial score (nSPS) is 18.5. The lowest BCUT2D eigenvalue weighted by Gasteiger charge is -2.37. The molecule has 1 heterocycles. The molecule has 10 heteroatoms. The van der Waals surface area contributed by atoms with E-state index in [0.29, 0.717) is 41.8 Å². The molecule has 3 aromatic carbocycles. The molecule has 1 saturated heterocycles. The first-order valence-corrected chi connectivity index (χ1v) is 14.1. The number of Topliss-reactive ketones (excluding diaryl/α,β-unsaturated/α-hetero) is 3. The van der Waals surface area contributed by atoms with Crippen LogP contribution in [-0.4, -0.2) is 78.4 Å². The number of carboxylic acids is 2. The number of hydrogen-bond donors (Lipinski definition) is 4. The Hall–Kier alpha value is -4.51. The maximum atomic E-state index is 12.8. The predicted molar refractivity (Wildman–Crippen MR) is 161 cm³/mol. The van der Waals surface area contributed by atoms with Gasteiger partial charge in [0.1, 0.15) is 5.78 Å². The van der Waals surface area contributed by atoms with Gasteiger partial charge >= 0.3 is 11.9 Å². The molecule has 0 aliphatic carbocycles. The van der Waals surface area contributed by atoms with Crippen LogP contribution >= 0.6 is 0 Å². The van der Waals surface area contributed by atoms with Gasteiger partial charge in [-0.2, -0.15) is 0 Å². The van der Waals surface area contributed by atoms with Gasteiger partial charge in [-0.05, 0) is 33.3 Å². The van der Waals surface area contributed by atoms with Crippen LogP contribution in [0.25, 0.3) is 0 Å². The molecule has 44 heavy (non-hydrogen) atoms. The summed E-state index contributed by atoms with van der Waals surface area (Å²) in [6, 6.07) is 21.6. The molecule has 1 aliphatic heterocycles. The van der Waals surface area contributed by atoms with Crippen LogP contribution < -0.4 is 0 Å². The van der Waals surface area contributed by atoms with Crippen molar-refractivity contribution in [3.63, 3.8) is 0 Å². The van der Waals surface area contributed by atoms with Gasteiger partial charge in [-0.3, -0.25) is 19.3 Å². The van der Waals surface area contributed by atoms with Crippen molar-refractivity contribution in [2.75, 3.05) is 6.54 Å². The number of likely N-dealkylation sites (tertiary alicyclic amines) is 1. The number of benzene rings is 3. The second-order valence-corrected chi connectivity index (χ2v) is 11.1. The Bertz CT molecular complexity index is 1440. The summed E-state index contributed by atoms with van der Waals surface area (Å²) in [5, 5.41) is 40.3. The zero-order chi connectivity index (χ0) is 32.8. The lowest BCUT2D eigenvalue weighted by molar-refractivity contribution is -0.187. The highest BCUT2D eigenvalue weighted by molar-refractivity contribution is 6.28. The molecule has 10 nitrogen and oxygen atoms in total. The number of ketones is 3. The summed E-state index contributed by atoms with van der Waals surface area (Å²) in [6.07, 6.45) is 1.42. The molecule has 1 fully saturated rings. The Kier molecular flexibility index (Phi) is 10.7. The summed E-state index contributed by atoms with van der Waals surface area (Å²) >= 11 is 0. The van der Waals surface area contributed by atoms with Crippen molar-refractivity contribution in [1.29, 1.82) is 0 Å². The largest absolute Gasteiger partial charge is 0.479 e.